The number of carbonyl (C=O) groups excluding carboxylic acids is 2. The Morgan fingerprint density at radius 3 is 2.35 bits per heavy atom. The highest BCUT2D eigenvalue weighted by Gasteiger charge is 2.35. The molecule has 26 heavy (non-hydrogen) atoms. The molecule has 2 aromatic carbocycles. The normalized spacial score (nSPS) is 16.3. The van der Waals surface area contributed by atoms with Gasteiger partial charge in [-0.1, -0.05) is 38.1 Å². The standard InChI is InChI=1S/C21H23NO3S/c1-14(2)26-18-10-8-15(9-11-18)20(23)22-13-17-7-5-4-6-16(17)12-19(22)21(24)25-3/h4-11,14,19H,12-13H2,1-3H3. The first kappa shape index (κ1) is 18.5. The Balaban J connectivity index is 1.87. The van der Waals surface area contributed by atoms with Crippen molar-refractivity contribution in [3.63, 3.8) is 0 Å². The van der Waals surface area contributed by atoms with Crippen LogP contribution in [0.3, 0.4) is 0 Å². The van der Waals surface area contributed by atoms with E-state index in [1.807, 2.05) is 48.5 Å². The fourth-order valence-corrected chi connectivity index (χ4v) is 4.03. The van der Waals surface area contributed by atoms with E-state index in [1.54, 1.807) is 16.7 Å². The second-order valence-corrected chi connectivity index (χ2v) is 8.29. The number of fused-ring (bicyclic) bond motifs is 1. The van der Waals surface area contributed by atoms with Gasteiger partial charge >= 0.3 is 5.97 Å². The van der Waals surface area contributed by atoms with Crippen LogP contribution in [0.25, 0.3) is 0 Å². The molecule has 2 aromatic rings. The number of hydrogen-bond acceptors (Lipinski definition) is 4. The zero-order valence-corrected chi connectivity index (χ0v) is 16.1. The summed E-state index contributed by atoms with van der Waals surface area (Å²) in [7, 11) is 1.36. The molecule has 0 radical (unpaired) electrons. The highest BCUT2D eigenvalue weighted by molar-refractivity contribution is 7.99. The maximum Gasteiger partial charge on any atom is 0.328 e. The third-order valence-electron chi connectivity index (χ3n) is 4.46. The van der Waals surface area contributed by atoms with Crippen molar-refractivity contribution in [2.45, 2.75) is 43.0 Å². The molecule has 1 unspecified atom stereocenters. The quantitative estimate of drug-likeness (QED) is 0.605. The average Bonchev–Trinajstić information content (AvgIpc) is 2.66. The Hall–Kier alpha value is -2.27. The second kappa shape index (κ2) is 7.96. The Morgan fingerprint density at radius 1 is 1.08 bits per heavy atom. The Labute approximate surface area is 158 Å². The smallest absolute Gasteiger partial charge is 0.328 e. The Bertz CT molecular complexity index is 801. The summed E-state index contributed by atoms with van der Waals surface area (Å²) in [5, 5.41) is 0.485. The van der Waals surface area contributed by atoms with E-state index in [1.165, 1.54) is 7.11 Å². The molecule has 4 nitrogen and oxygen atoms in total. The van der Waals surface area contributed by atoms with E-state index >= 15 is 0 Å². The van der Waals surface area contributed by atoms with Crippen molar-refractivity contribution in [3.05, 3.63) is 65.2 Å². The summed E-state index contributed by atoms with van der Waals surface area (Å²) in [4.78, 5) is 28.1. The van der Waals surface area contributed by atoms with Crippen molar-refractivity contribution in [1.82, 2.24) is 4.90 Å². The fraction of sp³-hybridized carbons (Fsp3) is 0.333. The molecular weight excluding hydrogens is 346 g/mol. The SMILES string of the molecule is COC(=O)C1Cc2ccccc2CN1C(=O)c1ccc(SC(C)C)cc1. The Kier molecular flexibility index (Phi) is 5.67. The van der Waals surface area contributed by atoms with E-state index in [0.717, 1.165) is 16.0 Å². The molecule has 0 spiro atoms. The predicted molar refractivity (Wildman–Crippen MR) is 103 cm³/mol. The van der Waals surface area contributed by atoms with Gasteiger partial charge in [0.05, 0.1) is 7.11 Å². The highest BCUT2D eigenvalue weighted by Crippen LogP contribution is 2.27. The average molecular weight is 369 g/mol. The molecule has 0 aliphatic carbocycles. The molecule has 1 amide bonds. The number of carbonyl (C=O) groups is 2. The summed E-state index contributed by atoms with van der Waals surface area (Å²) in [5.41, 5.74) is 2.76. The van der Waals surface area contributed by atoms with Gasteiger partial charge in [-0.15, -0.1) is 11.8 Å². The van der Waals surface area contributed by atoms with Crippen LogP contribution >= 0.6 is 11.8 Å². The molecule has 0 saturated carbocycles. The molecule has 1 atom stereocenters. The van der Waals surface area contributed by atoms with Crippen LogP contribution in [-0.4, -0.2) is 35.2 Å². The van der Waals surface area contributed by atoms with Gasteiger partial charge in [-0.05, 0) is 35.4 Å². The van der Waals surface area contributed by atoms with Crippen LogP contribution in [0.4, 0.5) is 0 Å². The van der Waals surface area contributed by atoms with E-state index < -0.39 is 6.04 Å². The second-order valence-electron chi connectivity index (χ2n) is 6.64. The summed E-state index contributed by atoms with van der Waals surface area (Å²) in [6.45, 7) is 4.68. The molecule has 136 valence electrons. The van der Waals surface area contributed by atoms with Gasteiger partial charge in [0.15, 0.2) is 0 Å². The van der Waals surface area contributed by atoms with Gasteiger partial charge in [0.1, 0.15) is 6.04 Å². The van der Waals surface area contributed by atoms with Gasteiger partial charge in [-0.3, -0.25) is 4.79 Å². The lowest BCUT2D eigenvalue weighted by atomic mass is 9.93. The van der Waals surface area contributed by atoms with E-state index in [0.29, 0.717) is 23.8 Å². The summed E-state index contributed by atoms with van der Waals surface area (Å²) in [6.07, 6.45) is 0.482. The molecule has 1 aliphatic heterocycles. The number of benzene rings is 2. The maximum atomic E-state index is 13.1. The first-order chi connectivity index (χ1) is 12.5. The van der Waals surface area contributed by atoms with E-state index in [-0.39, 0.29) is 11.9 Å². The topological polar surface area (TPSA) is 46.6 Å². The minimum atomic E-state index is -0.591. The molecule has 0 saturated heterocycles. The zero-order valence-electron chi connectivity index (χ0n) is 15.3. The van der Waals surface area contributed by atoms with Crippen molar-refractivity contribution >= 4 is 23.6 Å². The zero-order chi connectivity index (χ0) is 18.7. The van der Waals surface area contributed by atoms with E-state index in [4.69, 9.17) is 4.74 Å². The number of esters is 1. The number of amides is 1. The largest absolute Gasteiger partial charge is 0.467 e. The first-order valence-corrected chi connectivity index (χ1v) is 9.60. The molecule has 0 bridgehead atoms. The van der Waals surface area contributed by atoms with E-state index in [9.17, 15) is 9.59 Å². The van der Waals surface area contributed by atoms with Crippen LogP contribution in [-0.2, 0) is 22.5 Å². The van der Waals surface area contributed by atoms with Crippen molar-refractivity contribution in [1.29, 1.82) is 0 Å². The number of hydrogen-bond donors (Lipinski definition) is 0. The third kappa shape index (κ3) is 3.93. The number of ether oxygens (including phenoxy) is 1. The third-order valence-corrected chi connectivity index (χ3v) is 5.47. The molecule has 1 heterocycles. The fourth-order valence-electron chi connectivity index (χ4n) is 3.20. The van der Waals surface area contributed by atoms with Crippen molar-refractivity contribution in [2.75, 3.05) is 7.11 Å². The Morgan fingerprint density at radius 2 is 1.73 bits per heavy atom. The number of rotatable bonds is 4. The predicted octanol–water partition coefficient (Wildman–Crippen LogP) is 3.93. The van der Waals surface area contributed by atoms with Crippen LogP contribution in [0.1, 0.15) is 35.3 Å². The van der Waals surface area contributed by atoms with Crippen LogP contribution in [0.5, 0.6) is 0 Å². The lowest BCUT2D eigenvalue weighted by Crippen LogP contribution is -2.49. The molecule has 3 rings (SSSR count). The van der Waals surface area contributed by atoms with Crippen molar-refractivity contribution in [3.8, 4) is 0 Å². The monoisotopic (exact) mass is 369 g/mol. The summed E-state index contributed by atoms with van der Waals surface area (Å²) in [6, 6.07) is 14.9. The first-order valence-electron chi connectivity index (χ1n) is 8.72. The van der Waals surface area contributed by atoms with Crippen molar-refractivity contribution in [2.24, 2.45) is 0 Å². The maximum absolute atomic E-state index is 13.1. The van der Waals surface area contributed by atoms with Crippen LogP contribution in [0, 0.1) is 0 Å². The van der Waals surface area contributed by atoms with Crippen molar-refractivity contribution < 1.29 is 14.3 Å². The molecular formula is C21H23NO3S. The number of thioether (sulfide) groups is 1. The summed E-state index contributed by atoms with van der Waals surface area (Å²) < 4.78 is 4.95. The minimum absolute atomic E-state index is 0.143. The van der Waals surface area contributed by atoms with Gasteiger partial charge in [0.25, 0.3) is 5.91 Å². The van der Waals surface area contributed by atoms with Gasteiger partial charge in [0, 0.05) is 28.7 Å². The minimum Gasteiger partial charge on any atom is -0.467 e. The van der Waals surface area contributed by atoms with E-state index in [2.05, 4.69) is 13.8 Å². The molecule has 5 heteroatoms. The number of nitrogens with zero attached hydrogens (tertiary/aromatic N) is 1. The summed E-state index contributed by atoms with van der Waals surface area (Å²) >= 11 is 1.76. The summed E-state index contributed by atoms with van der Waals surface area (Å²) in [5.74, 6) is -0.518. The highest BCUT2D eigenvalue weighted by atomic mass is 32.2. The molecule has 0 N–H and O–H groups in total. The molecule has 0 fully saturated rings. The van der Waals surface area contributed by atoms with Gasteiger partial charge in [-0.25, -0.2) is 4.79 Å². The number of methoxy groups -OCH3 is 1. The van der Waals surface area contributed by atoms with Crippen LogP contribution < -0.4 is 0 Å². The van der Waals surface area contributed by atoms with Crippen LogP contribution in [0.15, 0.2) is 53.4 Å². The van der Waals surface area contributed by atoms with Gasteiger partial charge in [-0.2, -0.15) is 0 Å². The molecule has 1 aliphatic rings. The van der Waals surface area contributed by atoms with Gasteiger partial charge < -0.3 is 9.64 Å². The molecule has 0 aromatic heterocycles. The lowest BCUT2D eigenvalue weighted by molar-refractivity contribution is -0.146. The lowest BCUT2D eigenvalue weighted by Gasteiger charge is -2.35. The van der Waals surface area contributed by atoms with Crippen LogP contribution in [0.2, 0.25) is 0 Å². The van der Waals surface area contributed by atoms with Gasteiger partial charge in [0.2, 0.25) is 0 Å².